The number of ether oxygens (including phenoxy) is 1. The molecule has 3 heterocycles. The summed E-state index contributed by atoms with van der Waals surface area (Å²) < 4.78 is 7.84. The Morgan fingerprint density at radius 3 is 2.61 bits per heavy atom. The molecule has 0 bridgehead atoms. The fraction of sp³-hybridized carbons (Fsp3) is 0.280. The Bertz CT molecular complexity index is 1270. The number of nitrogen functional groups attached to an aromatic ring is 1. The molecule has 0 aliphatic carbocycles. The van der Waals surface area contributed by atoms with Gasteiger partial charge in [-0.2, -0.15) is 5.10 Å². The van der Waals surface area contributed by atoms with E-state index < -0.39 is 0 Å². The van der Waals surface area contributed by atoms with Crippen LogP contribution in [0.25, 0.3) is 22.3 Å². The molecule has 0 radical (unpaired) electrons. The summed E-state index contributed by atoms with van der Waals surface area (Å²) in [6.45, 7) is 3.30. The zero-order valence-electron chi connectivity index (χ0n) is 18.5. The van der Waals surface area contributed by atoms with Crippen LogP contribution < -0.4 is 10.5 Å². The Hall–Kier alpha value is -3.94. The lowest BCUT2D eigenvalue weighted by molar-refractivity contribution is -0.132. The molecule has 8 nitrogen and oxygen atoms in total. The Kier molecular flexibility index (Phi) is 5.64. The SMILES string of the molecule is CCC(=O)N1CCCC(n2nc(-c3ccc(Oc4ccccc4)cc3)c3c(N)ncnc32)C1. The molecule has 0 saturated carbocycles. The standard InChI is InChI=1S/C25H26N6O2/c1-2-21(32)30-14-6-7-18(15-30)31-25-22(24(26)27-16-28-25)23(29-31)17-10-12-20(13-11-17)33-19-8-4-3-5-9-19/h3-5,8-13,16,18H,2,6-7,14-15H2,1H3,(H2,26,27,28). The van der Waals surface area contributed by atoms with Gasteiger partial charge in [-0.15, -0.1) is 0 Å². The molecule has 2 aromatic heterocycles. The highest BCUT2D eigenvalue weighted by Gasteiger charge is 2.28. The molecule has 5 rings (SSSR count). The fourth-order valence-electron chi connectivity index (χ4n) is 4.36. The van der Waals surface area contributed by atoms with Crippen molar-refractivity contribution in [3.8, 4) is 22.8 Å². The van der Waals surface area contributed by atoms with Crippen LogP contribution in [0.1, 0.15) is 32.2 Å². The maximum atomic E-state index is 12.3. The van der Waals surface area contributed by atoms with Crippen LogP contribution >= 0.6 is 0 Å². The third-order valence-electron chi connectivity index (χ3n) is 6.02. The summed E-state index contributed by atoms with van der Waals surface area (Å²) >= 11 is 0. The van der Waals surface area contributed by atoms with Gasteiger partial charge in [0.05, 0.1) is 11.4 Å². The minimum atomic E-state index is 0.0421. The first-order valence-corrected chi connectivity index (χ1v) is 11.2. The number of amides is 1. The molecule has 1 unspecified atom stereocenters. The normalized spacial score (nSPS) is 16.2. The first kappa shape index (κ1) is 20.9. The van der Waals surface area contributed by atoms with Gasteiger partial charge in [-0.05, 0) is 49.2 Å². The van der Waals surface area contributed by atoms with Crippen molar-refractivity contribution in [1.29, 1.82) is 0 Å². The van der Waals surface area contributed by atoms with Crippen LogP contribution in [0.3, 0.4) is 0 Å². The van der Waals surface area contributed by atoms with Crippen LogP contribution in [0, 0.1) is 0 Å². The van der Waals surface area contributed by atoms with Crippen molar-refractivity contribution in [2.75, 3.05) is 18.8 Å². The highest BCUT2D eigenvalue weighted by molar-refractivity contribution is 5.98. The second kappa shape index (κ2) is 8.90. The topological polar surface area (TPSA) is 99.2 Å². The molecule has 1 aliphatic rings. The van der Waals surface area contributed by atoms with Crippen molar-refractivity contribution in [3.05, 3.63) is 60.9 Å². The highest BCUT2D eigenvalue weighted by Crippen LogP contribution is 2.34. The molecule has 1 saturated heterocycles. The summed E-state index contributed by atoms with van der Waals surface area (Å²) in [4.78, 5) is 22.9. The number of para-hydroxylation sites is 1. The van der Waals surface area contributed by atoms with E-state index in [4.69, 9.17) is 15.6 Å². The number of likely N-dealkylation sites (tertiary alicyclic amines) is 1. The molecule has 8 heteroatoms. The van der Waals surface area contributed by atoms with Gasteiger partial charge in [-0.25, -0.2) is 14.6 Å². The molecule has 0 spiro atoms. The van der Waals surface area contributed by atoms with E-state index in [1.807, 2.05) is 71.1 Å². The molecule has 4 aromatic rings. The number of carbonyl (C=O) groups is 1. The minimum Gasteiger partial charge on any atom is -0.457 e. The average molecular weight is 443 g/mol. The number of hydrogen-bond acceptors (Lipinski definition) is 6. The molecule has 1 atom stereocenters. The van der Waals surface area contributed by atoms with E-state index in [9.17, 15) is 4.79 Å². The maximum Gasteiger partial charge on any atom is 0.222 e. The molecular formula is C25H26N6O2. The Morgan fingerprint density at radius 1 is 1.09 bits per heavy atom. The van der Waals surface area contributed by atoms with E-state index in [1.54, 1.807) is 0 Å². The Labute approximate surface area is 192 Å². The molecule has 1 fully saturated rings. The minimum absolute atomic E-state index is 0.0421. The number of benzene rings is 2. The molecule has 2 aromatic carbocycles. The molecule has 1 amide bonds. The van der Waals surface area contributed by atoms with E-state index in [1.165, 1.54) is 6.33 Å². The summed E-state index contributed by atoms with van der Waals surface area (Å²) in [6, 6.07) is 17.4. The van der Waals surface area contributed by atoms with Crippen LogP contribution in [-0.2, 0) is 4.79 Å². The second-order valence-corrected chi connectivity index (χ2v) is 8.18. The summed E-state index contributed by atoms with van der Waals surface area (Å²) in [5, 5.41) is 5.66. The zero-order chi connectivity index (χ0) is 22.8. The third kappa shape index (κ3) is 4.11. The quantitative estimate of drug-likeness (QED) is 0.490. The van der Waals surface area contributed by atoms with Crippen molar-refractivity contribution >= 4 is 22.8 Å². The summed E-state index contributed by atoms with van der Waals surface area (Å²) in [5.74, 6) is 2.07. The lowest BCUT2D eigenvalue weighted by Gasteiger charge is -2.32. The van der Waals surface area contributed by atoms with Gasteiger partial charge in [-0.1, -0.05) is 25.1 Å². The third-order valence-corrected chi connectivity index (χ3v) is 6.02. The van der Waals surface area contributed by atoms with Gasteiger partial charge in [0.25, 0.3) is 0 Å². The predicted octanol–water partition coefficient (Wildman–Crippen LogP) is 4.44. The number of carbonyl (C=O) groups excluding carboxylic acids is 1. The summed E-state index contributed by atoms with van der Waals surface area (Å²) in [7, 11) is 0. The average Bonchev–Trinajstić information content (AvgIpc) is 3.26. The van der Waals surface area contributed by atoms with Gasteiger partial charge in [0.2, 0.25) is 5.91 Å². The van der Waals surface area contributed by atoms with Crippen LogP contribution in [0.5, 0.6) is 11.5 Å². The van der Waals surface area contributed by atoms with E-state index in [2.05, 4.69) is 9.97 Å². The van der Waals surface area contributed by atoms with Gasteiger partial charge >= 0.3 is 0 Å². The van der Waals surface area contributed by atoms with E-state index in [0.29, 0.717) is 24.4 Å². The number of anilines is 1. The number of fused-ring (bicyclic) bond motifs is 1. The first-order valence-electron chi connectivity index (χ1n) is 11.2. The van der Waals surface area contributed by atoms with Crippen LogP contribution in [-0.4, -0.2) is 43.6 Å². The van der Waals surface area contributed by atoms with Gasteiger partial charge in [0.1, 0.15) is 29.3 Å². The van der Waals surface area contributed by atoms with Crippen molar-refractivity contribution in [2.45, 2.75) is 32.2 Å². The lowest BCUT2D eigenvalue weighted by Crippen LogP contribution is -2.40. The smallest absolute Gasteiger partial charge is 0.222 e. The fourth-order valence-corrected chi connectivity index (χ4v) is 4.36. The van der Waals surface area contributed by atoms with Crippen molar-refractivity contribution in [1.82, 2.24) is 24.6 Å². The van der Waals surface area contributed by atoms with Gasteiger partial charge < -0.3 is 15.4 Å². The van der Waals surface area contributed by atoms with Crippen LogP contribution in [0.4, 0.5) is 5.82 Å². The van der Waals surface area contributed by atoms with E-state index >= 15 is 0 Å². The van der Waals surface area contributed by atoms with Gasteiger partial charge in [0.15, 0.2) is 5.65 Å². The van der Waals surface area contributed by atoms with E-state index in [-0.39, 0.29) is 11.9 Å². The second-order valence-electron chi connectivity index (χ2n) is 8.18. The molecular weight excluding hydrogens is 416 g/mol. The zero-order valence-corrected chi connectivity index (χ0v) is 18.5. The van der Waals surface area contributed by atoms with E-state index in [0.717, 1.165) is 47.5 Å². The van der Waals surface area contributed by atoms with Crippen molar-refractivity contribution in [2.24, 2.45) is 0 Å². The number of hydrogen-bond donors (Lipinski definition) is 1. The number of nitrogens with two attached hydrogens (primary N) is 1. The predicted molar refractivity (Wildman–Crippen MR) is 127 cm³/mol. The first-order chi connectivity index (χ1) is 16.1. The number of rotatable bonds is 5. The van der Waals surface area contributed by atoms with Crippen molar-refractivity contribution < 1.29 is 9.53 Å². The number of nitrogens with zero attached hydrogens (tertiary/aromatic N) is 5. The highest BCUT2D eigenvalue weighted by atomic mass is 16.5. The number of aromatic nitrogens is 4. The van der Waals surface area contributed by atoms with Gasteiger partial charge in [0, 0.05) is 25.1 Å². The molecule has 2 N–H and O–H groups in total. The van der Waals surface area contributed by atoms with Crippen molar-refractivity contribution in [3.63, 3.8) is 0 Å². The number of piperidine rings is 1. The van der Waals surface area contributed by atoms with Crippen LogP contribution in [0.2, 0.25) is 0 Å². The van der Waals surface area contributed by atoms with Gasteiger partial charge in [-0.3, -0.25) is 4.79 Å². The Morgan fingerprint density at radius 2 is 1.85 bits per heavy atom. The summed E-state index contributed by atoms with van der Waals surface area (Å²) in [6.07, 6.45) is 3.83. The lowest BCUT2D eigenvalue weighted by atomic mass is 10.1. The summed E-state index contributed by atoms with van der Waals surface area (Å²) in [5.41, 5.74) is 8.60. The largest absolute Gasteiger partial charge is 0.457 e. The molecule has 168 valence electrons. The monoisotopic (exact) mass is 442 g/mol. The van der Waals surface area contributed by atoms with Crippen LogP contribution in [0.15, 0.2) is 60.9 Å². The molecule has 1 aliphatic heterocycles. The molecule has 33 heavy (non-hydrogen) atoms. The Balaban J connectivity index is 1.49. The maximum absolute atomic E-state index is 12.3.